The normalized spacial score (nSPS) is 21.9. The third-order valence-corrected chi connectivity index (χ3v) is 2.67. The molecular weight excluding hydrogens is 304 g/mol. The van der Waals surface area contributed by atoms with Gasteiger partial charge in [-0.1, -0.05) is 0 Å². The van der Waals surface area contributed by atoms with E-state index in [4.69, 9.17) is 40.9 Å². The third-order valence-electron chi connectivity index (χ3n) is 2.67. The van der Waals surface area contributed by atoms with Crippen LogP contribution >= 0.6 is 0 Å². The van der Waals surface area contributed by atoms with Crippen LogP contribution in [0.2, 0.25) is 0 Å². The van der Waals surface area contributed by atoms with E-state index in [9.17, 15) is 9.59 Å². The van der Waals surface area contributed by atoms with Gasteiger partial charge in [-0.2, -0.15) is 0 Å². The number of aldehydes is 2. The van der Waals surface area contributed by atoms with E-state index < -0.39 is 48.8 Å². The minimum Gasteiger partial charge on any atom is -0.391 e. The molecule has 8 N–H and O–H groups in total. The Hall–Kier alpha value is -0.980. The van der Waals surface area contributed by atoms with Crippen LogP contribution in [0.1, 0.15) is 13.8 Å². The van der Waals surface area contributed by atoms with E-state index in [2.05, 4.69) is 0 Å². The van der Waals surface area contributed by atoms with E-state index in [-0.39, 0.29) is 12.6 Å². The highest BCUT2D eigenvalue weighted by Gasteiger charge is 2.28. The van der Waals surface area contributed by atoms with Crippen LogP contribution in [-0.2, 0) is 9.59 Å². The molecule has 0 heterocycles. The average Bonchev–Trinajstić information content (AvgIpc) is 2.50. The monoisotopic (exact) mass is 328 g/mol. The maximum atomic E-state index is 9.87. The number of carbonyl (C=O) groups is 2. The molecule has 0 aromatic rings. The Morgan fingerprint density at radius 2 is 0.773 bits per heavy atom. The summed E-state index contributed by atoms with van der Waals surface area (Å²) >= 11 is 0. The first-order valence-electron chi connectivity index (χ1n) is 6.36. The molecule has 0 amide bonds. The van der Waals surface area contributed by atoms with Crippen LogP contribution in [0.25, 0.3) is 0 Å². The highest BCUT2D eigenvalue weighted by Crippen LogP contribution is 2.03. The van der Waals surface area contributed by atoms with Gasteiger partial charge in [-0.3, -0.25) is 0 Å². The number of hydrogen-bond donors (Lipinski definition) is 8. The number of carbonyl (C=O) groups excluding carboxylic acids is 2. The maximum Gasteiger partial charge on any atom is 0.151 e. The molecule has 0 aliphatic carbocycles. The van der Waals surface area contributed by atoms with Crippen LogP contribution in [0, 0.1) is 0 Å². The number of hydrogen-bond acceptors (Lipinski definition) is 10. The molecule has 0 radical (unpaired) electrons. The van der Waals surface area contributed by atoms with Gasteiger partial charge in [0.15, 0.2) is 12.6 Å². The Kier molecular flexibility index (Phi) is 12.2. The summed E-state index contributed by atoms with van der Waals surface area (Å²) < 4.78 is 0. The molecule has 22 heavy (non-hydrogen) atoms. The fraction of sp³-hybridized carbons (Fsp3) is 0.833. The maximum absolute atomic E-state index is 9.87. The first-order valence-corrected chi connectivity index (χ1v) is 6.36. The molecule has 0 spiro atoms. The molecule has 0 bridgehead atoms. The van der Waals surface area contributed by atoms with Gasteiger partial charge < -0.3 is 50.4 Å². The summed E-state index contributed by atoms with van der Waals surface area (Å²) in [4.78, 5) is 19.7. The lowest BCUT2D eigenvalue weighted by molar-refractivity contribution is -0.132. The molecule has 8 atom stereocenters. The standard InChI is InChI=1S/2C6H12O5/c2*1-3(8)5(10)6(11)4(9)2-7/h2*2-6,8-11H,1H3/t3-,4+,5+,6-;3-,4-,5+,6-/m00/s1. The van der Waals surface area contributed by atoms with E-state index in [1.165, 1.54) is 13.8 Å². The fourth-order valence-electron chi connectivity index (χ4n) is 1.14. The van der Waals surface area contributed by atoms with Crippen LogP contribution in [0.3, 0.4) is 0 Å². The van der Waals surface area contributed by atoms with Crippen molar-refractivity contribution in [2.45, 2.75) is 62.7 Å². The Bertz CT molecular complexity index is 278. The topological polar surface area (TPSA) is 196 Å². The van der Waals surface area contributed by atoms with Crippen LogP contribution < -0.4 is 0 Å². The van der Waals surface area contributed by atoms with Crippen molar-refractivity contribution in [2.24, 2.45) is 0 Å². The van der Waals surface area contributed by atoms with E-state index in [0.717, 1.165) is 0 Å². The Labute approximate surface area is 126 Å². The zero-order chi connectivity index (χ0) is 18.0. The van der Waals surface area contributed by atoms with Gasteiger partial charge >= 0.3 is 0 Å². The van der Waals surface area contributed by atoms with Crippen molar-refractivity contribution in [3.63, 3.8) is 0 Å². The van der Waals surface area contributed by atoms with E-state index in [0.29, 0.717) is 0 Å². The quantitative estimate of drug-likeness (QED) is 0.200. The van der Waals surface area contributed by atoms with Crippen molar-refractivity contribution in [3.05, 3.63) is 0 Å². The minimum absolute atomic E-state index is 0.0935. The molecule has 0 aliphatic rings. The summed E-state index contributed by atoms with van der Waals surface area (Å²) in [5.74, 6) is 0. The molecule has 0 rings (SSSR count). The van der Waals surface area contributed by atoms with Crippen molar-refractivity contribution >= 4 is 12.6 Å². The second-order valence-corrected chi connectivity index (χ2v) is 4.70. The second-order valence-electron chi connectivity index (χ2n) is 4.70. The molecule has 0 aromatic heterocycles. The zero-order valence-corrected chi connectivity index (χ0v) is 12.2. The van der Waals surface area contributed by atoms with Gasteiger partial charge in [0.1, 0.15) is 36.6 Å². The van der Waals surface area contributed by atoms with Gasteiger partial charge in [-0.25, -0.2) is 0 Å². The summed E-state index contributed by atoms with van der Waals surface area (Å²) in [6.45, 7) is 2.48. The summed E-state index contributed by atoms with van der Waals surface area (Å²) in [7, 11) is 0. The Morgan fingerprint density at radius 3 is 0.909 bits per heavy atom. The number of aliphatic hydroxyl groups is 8. The van der Waals surface area contributed by atoms with Crippen molar-refractivity contribution in [1.29, 1.82) is 0 Å². The molecule has 132 valence electrons. The predicted molar refractivity (Wildman–Crippen MR) is 71.5 cm³/mol. The van der Waals surface area contributed by atoms with Gasteiger partial charge in [0.25, 0.3) is 0 Å². The molecule has 10 nitrogen and oxygen atoms in total. The van der Waals surface area contributed by atoms with Crippen molar-refractivity contribution in [2.75, 3.05) is 0 Å². The molecule has 0 saturated heterocycles. The Morgan fingerprint density at radius 1 is 0.545 bits per heavy atom. The summed E-state index contributed by atoms with van der Waals surface area (Å²) in [5.41, 5.74) is 0. The molecule has 0 unspecified atom stereocenters. The van der Waals surface area contributed by atoms with E-state index in [1.807, 2.05) is 0 Å². The lowest BCUT2D eigenvalue weighted by atomic mass is 10.1. The van der Waals surface area contributed by atoms with Gasteiger partial charge in [0, 0.05) is 0 Å². The molecular formula is C12H24O10. The zero-order valence-electron chi connectivity index (χ0n) is 12.2. The lowest BCUT2D eigenvalue weighted by Crippen LogP contribution is -2.43. The third kappa shape index (κ3) is 8.46. The first-order chi connectivity index (χ1) is 10.0. The molecule has 0 aliphatic heterocycles. The van der Waals surface area contributed by atoms with Crippen LogP contribution in [-0.4, -0.2) is 102 Å². The lowest BCUT2D eigenvalue weighted by Gasteiger charge is -2.21. The first kappa shape index (κ1) is 23.3. The van der Waals surface area contributed by atoms with E-state index >= 15 is 0 Å². The smallest absolute Gasteiger partial charge is 0.151 e. The molecule has 10 heteroatoms. The van der Waals surface area contributed by atoms with Crippen LogP contribution in [0.5, 0.6) is 0 Å². The molecule has 0 aromatic carbocycles. The van der Waals surface area contributed by atoms with Crippen molar-refractivity contribution in [3.8, 4) is 0 Å². The summed E-state index contributed by atoms with van der Waals surface area (Å²) in [6.07, 6.45) is -11.8. The predicted octanol–water partition coefficient (Wildman–Crippen LogP) is -4.70. The molecule has 0 fully saturated rings. The average molecular weight is 328 g/mol. The van der Waals surface area contributed by atoms with Crippen LogP contribution in [0.15, 0.2) is 0 Å². The van der Waals surface area contributed by atoms with E-state index in [1.54, 1.807) is 0 Å². The highest BCUT2D eigenvalue weighted by molar-refractivity contribution is 5.57. The fourth-order valence-corrected chi connectivity index (χ4v) is 1.14. The summed E-state index contributed by atoms with van der Waals surface area (Å²) in [6, 6.07) is 0. The second kappa shape index (κ2) is 11.6. The molecule has 0 saturated carbocycles. The summed E-state index contributed by atoms with van der Waals surface area (Å²) in [5, 5.41) is 70.2. The van der Waals surface area contributed by atoms with Gasteiger partial charge in [0.05, 0.1) is 12.2 Å². The van der Waals surface area contributed by atoms with Crippen molar-refractivity contribution in [1.82, 2.24) is 0 Å². The largest absolute Gasteiger partial charge is 0.391 e. The number of rotatable bonds is 8. The van der Waals surface area contributed by atoms with Gasteiger partial charge in [-0.05, 0) is 13.8 Å². The number of aliphatic hydroxyl groups excluding tert-OH is 8. The van der Waals surface area contributed by atoms with Gasteiger partial charge in [-0.15, -0.1) is 0 Å². The minimum atomic E-state index is -1.65. The highest BCUT2D eigenvalue weighted by atomic mass is 16.4. The van der Waals surface area contributed by atoms with Crippen molar-refractivity contribution < 1.29 is 50.4 Å². The van der Waals surface area contributed by atoms with Gasteiger partial charge in [0.2, 0.25) is 0 Å². The SMILES string of the molecule is C[C@H](O)[C@@H](O)[C@@H](O)[C@@H](O)C=O.C[C@H](O)[C@@H](O)[C@@H](O)[C@H](O)C=O. The Balaban J connectivity index is 0. The van der Waals surface area contributed by atoms with Crippen LogP contribution in [0.4, 0.5) is 0 Å².